The van der Waals surface area contributed by atoms with E-state index in [2.05, 4.69) is 0 Å². The van der Waals surface area contributed by atoms with Crippen molar-refractivity contribution in [3.8, 4) is 0 Å². The molecule has 0 saturated heterocycles. The second-order valence-corrected chi connectivity index (χ2v) is 3.85. The van der Waals surface area contributed by atoms with Gasteiger partial charge in [-0.1, -0.05) is 0 Å². The topological polar surface area (TPSA) is 60.2 Å². The number of nitro benzene ring substituents is 1. The van der Waals surface area contributed by atoms with Crippen LogP contribution < -0.4 is 0 Å². The number of benzene rings is 1. The minimum Gasteiger partial charge on any atom is -0.294 e. The molecule has 0 aromatic heterocycles. The number of nitro groups is 1. The summed E-state index contributed by atoms with van der Waals surface area (Å²) in [7, 11) is 0. The molecule has 1 rings (SSSR count). The van der Waals surface area contributed by atoms with Crippen LogP contribution in [0.4, 0.5) is 10.1 Å². The second-order valence-electron chi connectivity index (χ2n) is 2.60. The van der Waals surface area contributed by atoms with E-state index < -0.39 is 22.2 Å². The smallest absolute Gasteiger partial charge is 0.294 e. The van der Waals surface area contributed by atoms with Gasteiger partial charge in [-0.15, -0.1) is 0 Å². The standard InChI is InChI=1S/C8H5FINO3/c1-4(12)6-2-5(10)3-7(8(6)9)11(13)14/h2-3H,1H3. The first-order chi connectivity index (χ1) is 6.43. The van der Waals surface area contributed by atoms with E-state index in [9.17, 15) is 19.3 Å². The van der Waals surface area contributed by atoms with Crippen LogP contribution in [0.15, 0.2) is 12.1 Å². The van der Waals surface area contributed by atoms with Gasteiger partial charge >= 0.3 is 5.69 Å². The van der Waals surface area contributed by atoms with Crippen molar-refractivity contribution in [1.82, 2.24) is 0 Å². The van der Waals surface area contributed by atoms with Crippen LogP contribution in [0.1, 0.15) is 17.3 Å². The molecule has 0 radical (unpaired) electrons. The van der Waals surface area contributed by atoms with Gasteiger partial charge in [-0.05, 0) is 35.6 Å². The van der Waals surface area contributed by atoms with E-state index in [1.54, 1.807) is 22.6 Å². The fourth-order valence-electron chi connectivity index (χ4n) is 0.964. The van der Waals surface area contributed by atoms with Gasteiger partial charge in [0.05, 0.1) is 10.5 Å². The number of rotatable bonds is 2. The fourth-order valence-corrected chi connectivity index (χ4v) is 1.57. The molecule has 0 N–H and O–H groups in total. The Morgan fingerprint density at radius 1 is 1.57 bits per heavy atom. The van der Waals surface area contributed by atoms with E-state index in [0.29, 0.717) is 3.57 Å². The quantitative estimate of drug-likeness (QED) is 0.365. The molecule has 74 valence electrons. The molecule has 0 unspecified atom stereocenters. The van der Waals surface area contributed by atoms with Gasteiger partial charge in [-0.25, -0.2) is 0 Å². The lowest BCUT2D eigenvalue weighted by atomic mass is 10.1. The van der Waals surface area contributed by atoms with E-state index in [4.69, 9.17) is 0 Å². The van der Waals surface area contributed by atoms with Crippen molar-refractivity contribution in [2.75, 3.05) is 0 Å². The first-order valence-corrected chi connectivity index (χ1v) is 4.65. The zero-order valence-electron chi connectivity index (χ0n) is 7.08. The summed E-state index contributed by atoms with van der Waals surface area (Å²) in [6.07, 6.45) is 0. The Morgan fingerprint density at radius 2 is 2.14 bits per heavy atom. The number of hydrogen-bond donors (Lipinski definition) is 0. The Labute approximate surface area is 92.4 Å². The summed E-state index contributed by atoms with van der Waals surface area (Å²) in [5.41, 5.74) is -0.911. The highest BCUT2D eigenvalue weighted by Gasteiger charge is 2.21. The molecular weight excluding hydrogens is 304 g/mol. The van der Waals surface area contributed by atoms with E-state index in [-0.39, 0.29) is 5.56 Å². The normalized spacial score (nSPS) is 9.93. The minimum atomic E-state index is -1.07. The van der Waals surface area contributed by atoms with Crippen molar-refractivity contribution >= 4 is 34.1 Å². The molecule has 0 aliphatic rings. The van der Waals surface area contributed by atoms with Gasteiger partial charge < -0.3 is 0 Å². The Kier molecular flexibility index (Phi) is 3.14. The maximum atomic E-state index is 13.3. The molecule has 0 amide bonds. The number of carbonyl (C=O) groups is 1. The van der Waals surface area contributed by atoms with Gasteiger partial charge in [-0.2, -0.15) is 4.39 Å². The molecule has 0 bridgehead atoms. The minimum absolute atomic E-state index is 0.247. The zero-order valence-corrected chi connectivity index (χ0v) is 9.24. The van der Waals surface area contributed by atoms with E-state index >= 15 is 0 Å². The average Bonchev–Trinajstić information content (AvgIpc) is 2.07. The van der Waals surface area contributed by atoms with Gasteiger partial charge in [0.1, 0.15) is 0 Å². The molecule has 6 heteroatoms. The van der Waals surface area contributed by atoms with Crippen LogP contribution in [0.5, 0.6) is 0 Å². The summed E-state index contributed by atoms with van der Waals surface area (Å²) in [6, 6.07) is 2.37. The lowest BCUT2D eigenvalue weighted by molar-refractivity contribution is -0.387. The predicted octanol–water partition coefficient (Wildman–Crippen LogP) is 2.54. The molecule has 0 atom stereocenters. The molecule has 4 nitrogen and oxygen atoms in total. The third kappa shape index (κ3) is 2.06. The van der Waals surface area contributed by atoms with Crippen LogP contribution in [-0.4, -0.2) is 10.7 Å². The van der Waals surface area contributed by atoms with Crippen LogP contribution in [0.2, 0.25) is 0 Å². The van der Waals surface area contributed by atoms with Gasteiger partial charge in [0.2, 0.25) is 5.82 Å². The Morgan fingerprint density at radius 3 is 2.57 bits per heavy atom. The van der Waals surface area contributed by atoms with Crippen molar-refractivity contribution in [2.24, 2.45) is 0 Å². The number of nitrogens with zero attached hydrogens (tertiary/aromatic N) is 1. The number of ketones is 1. The Balaban J connectivity index is 3.47. The van der Waals surface area contributed by atoms with Crippen molar-refractivity contribution in [1.29, 1.82) is 0 Å². The van der Waals surface area contributed by atoms with Crippen LogP contribution in [0.3, 0.4) is 0 Å². The van der Waals surface area contributed by atoms with Crippen molar-refractivity contribution in [3.05, 3.63) is 37.2 Å². The van der Waals surface area contributed by atoms with Crippen LogP contribution in [0, 0.1) is 19.5 Å². The SMILES string of the molecule is CC(=O)c1cc(I)cc([N+](=O)[O-])c1F. The first-order valence-electron chi connectivity index (χ1n) is 3.58. The largest absolute Gasteiger partial charge is 0.306 e. The van der Waals surface area contributed by atoms with E-state index in [0.717, 1.165) is 13.0 Å². The molecule has 0 heterocycles. The van der Waals surface area contributed by atoms with Crippen molar-refractivity contribution in [3.63, 3.8) is 0 Å². The van der Waals surface area contributed by atoms with Gasteiger partial charge in [0.15, 0.2) is 5.78 Å². The molecule has 0 fully saturated rings. The number of hydrogen-bond acceptors (Lipinski definition) is 3. The van der Waals surface area contributed by atoms with Gasteiger partial charge in [-0.3, -0.25) is 14.9 Å². The third-order valence-corrected chi connectivity index (χ3v) is 2.22. The van der Waals surface area contributed by atoms with Gasteiger partial charge in [0, 0.05) is 9.64 Å². The van der Waals surface area contributed by atoms with Crippen molar-refractivity contribution in [2.45, 2.75) is 6.92 Å². The second kappa shape index (κ2) is 3.99. The lowest BCUT2D eigenvalue weighted by Crippen LogP contribution is -2.02. The summed E-state index contributed by atoms with van der Waals surface area (Å²) >= 11 is 1.79. The summed E-state index contributed by atoms with van der Waals surface area (Å²) < 4.78 is 13.7. The summed E-state index contributed by atoms with van der Waals surface area (Å²) in [5.74, 6) is -1.59. The molecule has 0 saturated carbocycles. The fraction of sp³-hybridized carbons (Fsp3) is 0.125. The molecule has 0 aliphatic heterocycles. The van der Waals surface area contributed by atoms with Crippen LogP contribution in [0.25, 0.3) is 0 Å². The summed E-state index contributed by atoms with van der Waals surface area (Å²) in [6.45, 7) is 1.16. The van der Waals surface area contributed by atoms with E-state index in [1.807, 2.05) is 0 Å². The summed E-state index contributed by atoms with van der Waals surface area (Å²) in [5, 5.41) is 10.4. The van der Waals surface area contributed by atoms with Gasteiger partial charge in [0.25, 0.3) is 0 Å². The number of Topliss-reactive ketones (excluding diaryl/α,β-unsaturated/α-hetero) is 1. The molecule has 0 spiro atoms. The average molecular weight is 309 g/mol. The molecule has 1 aromatic rings. The third-order valence-electron chi connectivity index (χ3n) is 1.59. The zero-order chi connectivity index (χ0) is 10.9. The van der Waals surface area contributed by atoms with Crippen LogP contribution >= 0.6 is 22.6 Å². The van der Waals surface area contributed by atoms with Crippen molar-refractivity contribution < 1.29 is 14.1 Å². The molecule has 1 aromatic carbocycles. The highest BCUT2D eigenvalue weighted by atomic mass is 127. The Bertz CT molecular complexity index is 384. The molecular formula is C8H5FINO3. The monoisotopic (exact) mass is 309 g/mol. The summed E-state index contributed by atoms with van der Waals surface area (Å²) in [4.78, 5) is 20.5. The number of carbonyl (C=O) groups excluding carboxylic acids is 1. The van der Waals surface area contributed by atoms with E-state index in [1.165, 1.54) is 6.07 Å². The predicted molar refractivity (Wildman–Crippen MR) is 55.8 cm³/mol. The maximum Gasteiger partial charge on any atom is 0.306 e. The number of halogens is 2. The molecule has 0 aliphatic carbocycles. The molecule has 14 heavy (non-hydrogen) atoms. The first kappa shape index (κ1) is 11.0. The highest BCUT2D eigenvalue weighted by Crippen LogP contribution is 2.24. The highest BCUT2D eigenvalue weighted by molar-refractivity contribution is 14.1. The van der Waals surface area contributed by atoms with Crippen LogP contribution in [-0.2, 0) is 0 Å². The maximum absolute atomic E-state index is 13.3. The lowest BCUT2D eigenvalue weighted by Gasteiger charge is -2.00. The Hall–Kier alpha value is -1.05.